The number of morpholine rings is 1. The SMILES string of the molecule is CCOc1ccccc1/C=C/C(=O)NCCCN1CCOCC1. The molecule has 1 aliphatic heterocycles. The number of rotatable bonds is 8. The Balaban J connectivity index is 1.69. The van der Waals surface area contributed by atoms with Gasteiger partial charge in [-0.25, -0.2) is 0 Å². The maximum atomic E-state index is 11.9. The van der Waals surface area contributed by atoms with Crippen LogP contribution in [0.2, 0.25) is 0 Å². The zero-order valence-electron chi connectivity index (χ0n) is 13.8. The molecule has 0 spiro atoms. The number of amides is 1. The molecule has 2 rings (SSSR count). The van der Waals surface area contributed by atoms with Crippen LogP contribution in [-0.4, -0.2) is 56.8 Å². The second kappa shape index (κ2) is 10.0. The van der Waals surface area contributed by atoms with E-state index in [4.69, 9.17) is 9.47 Å². The Bertz CT molecular complexity index is 511. The molecule has 0 atom stereocenters. The maximum absolute atomic E-state index is 11.9. The molecule has 5 nitrogen and oxygen atoms in total. The van der Waals surface area contributed by atoms with Gasteiger partial charge in [0, 0.05) is 31.3 Å². The van der Waals surface area contributed by atoms with E-state index in [2.05, 4.69) is 10.2 Å². The number of hydrogen-bond donors (Lipinski definition) is 1. The molecule has 0 aromatic heterocycles. The molecule has 1 amide bonds. The Morgan fingerprint density at radius 2 is 2.13 bits per heavy atom. The van der Waals surface area contributed by atoms with Crippen molar-refractivity contribution >= 4 is 12.0 Å². The van der Waals surface area contributed by atoms with Gasteiger partial charge in [-0.3, -0.25) is 9.69 Å². The lowest BCUT2D eigenvalue weighted by Crippen LogP contribution is -2.38. The van der Waals surface area contributed by atoms with Crippen molar-refractivity contribution < 1.29 is 14.3 Å². The summed E-state index contributed by atoms with van der Waals surface area (Å²) in [6.07, 6.45) is 4.31. The third kappa shape index (κ3) is 6.42. The first-order chi connectivity index (χ1) is 11.3. The second-order valence-electron chi connectivity index (χ2n) is 5.40. The summed E-state index contributed by atoms with van der Waals surface area (Å²) >= 11 is 0. The van der Waals surface area contributed by atoms with Crippen LogP contribution in [-0.2, 0) is 9.53 Å². The molecule has 126 valence electrons. The molecule has 1 aliphatic rings. The number of hydrogen-bond acceptors (Lipinski definition) is 4. The van der Waals surface area contributed by atoms with E-state index in [0.29, 0.717) is 13.2 Å². The van der Waals surface area contributed by atoms with Crippen molar-refractivity contribution in [3.05, 3.63) is 35.9 Å². The van der Waals surface area contributed by atoms with Gasteiger partial charge in [0.25, 0.3) is 0 Å². The highest BCUT2D eigenvalue weighted by Gasteiger charge is 2.09. The summed E-state index contributed by atoms with van der Waals surface area (Å²) in [5, 5.41) is 2.92. The van der Waals surface area contributed by atoms with Gasteiger partial charge < -0.3 is 14.8 Å². The van der Waals surface area contributed by atoms with Crippen molar-refractivity contribution in [3.8, 4) is 5.75 Å². The van der Waals surface area contributed by atoms with E-state index in [1.54, 1.807) is 12.2 Å². The van der Waals surface area contributed by atoms with Crippen LogP contribution in [0.4, 0.5) is 0 Å². The standard InChI is InChI=1S/C18H26N2O3/c1-2-23-17-7-4-3-6-16(17)8-9-18(21)19-10-5-11-20-12-14-22-15-13-20/h3-4,6-9H,2,5,10-15H2,1H3,(H,19,21)/b9-8+. The summed E-state index contributed by atoms with van der Waals surface area (Å²) in [5.74, 6) is 0.727. The third-order valence-corrected chi connectivity index (χ3v) is 3.69. The van der Waals surface area contributed by atoms with Gasteiger partial charge in [-0.1, -0.05) is 18.2 Å². The van der Waals surface area contributed by atoms with E-state index in [0.717, 1.165) is 50.6 Å². The lowest BCUT2D eigenvalue weighted by Gasteiger charge is -2.26. The Labute approximate surface area is 138 Å². The first-order valence-corrected chi connectivity index (χ1v) is 8.27. The fourth-order valence-corrected chi connectivity index (χ4v) is 2.47. The molecule has 0 unspecified atom stereocenters. The van der Waals surface area contributed by atoms with Gasteiger partial charge in [-0.2, -0.15) is 0 Å². The van der Waals surface area contributed by atoms with E-state index < -0.39 is 0 Å². The number of para-hydroxylation sites is 1. The lowest BCUT2D eigenvalue weighted by atomic mass is 10.2. The number of carbonyl (C=O) groups excluding carboxylic acids is 1. The molecular weight excluding hydrogens is 292 g/mol. The fourth-order valence-electron chi connectivity index (χ4n) is 2.47. The topological polar surface area (TPSA) is 50.8 Å². The monoisotopic (exact) mass is 318 g/mol. The van der Waals surface area contributed by atoms with Gasteiger partial charge in [0.05, 0.1) is 19.8 Å². The highest BCUT2D eigenvalue weighted by molar-refractivity contribution is 5.92. The van der Waals surface area contributed by atoms with Crippen molar-refractivity contribution in [2.24, 2.45) is 0 Å². The highest BCUT2D eigenvalue weighted by atomic mass is 16.5. The van der Waals surface area contributed by atoms with Crippen LogP contribution in [0.25, 0.3) is 6.08 Å². The lowest BCUT2D eigenvalue weighted by molar-refractivity contribution is -0.116. The summed E-state index contributed by atoms with van der Waals surface area (Å²) in [5.41, 5.74) is 0.915. The van der Waals surface area contributed by atoms with Crippen LogP contribution < -0.4 is 10.1 Å². The molecular formula is C18H26N2O3. The van der Waals surface area contributed by atoms with Crippen LogP contribution in [0.15, 0.2) is 30.3 Å². The molecule has 1 saturated heterocycles. The van der Waals surface area contributed by atoms with Gasteiger partial charge in [-0.05, 0) is 32.0 Å². The number of nitrogens with one attached hydrogen (secondary N) is 1. The summed E-state index contributed by atoms with van der Waals surface area (Å²) < 4.78 is 10.9. The highest BCUT2D eigenvalue weighted by Crippen LogP contribution is 2.19. The molecule has 1 heterocycles. The van der Waals surface area contributed by atoms with Crippen LogP contribution >= 0.6 is 0 Å². The van der Waals surface area contributed by atoms with Crippen LogP contribution in [0.3, 0.4) is 0 Å². The third-order valence-electron chi connectivity index (χ3n) is 3.69. The molecule has 23 heavy (non-hydrogen) atoms. The minimum absolute atomic E-state index is 0.0710. The normalized spacial score (nSPS) is 15.7. The molecule has 1 aromatic rings. The molecule has 0 aliphatic carbocycles. The maximum Gasteiger partial charge on any atom is 0.244 e. The summed E-state index contributed by atoms with van der Waals surface area (Å²) in [6, 6.07) is 7.70. The quantitative estimate of drug-likeness (QED) is 0.588. The molecule has 0 radical (unpaired) electrons. The zero-order chi connectivity index (χ0) is 16.3. The van der Waals surface area contributed by atoms with Gasteiger partial charge in [0.1, 0.15) is 5.75 Å². The van der Waals surface area contributed by atoms with Crippen LogP contribution in [0.5, 0.6) is 5.75 Å². The van der Waals surface area contributed by atoms with E-state index >= 15 is 0 Å². The second-order valence-corrected chi connectivity index (χ2v) is 5.40. The smallest absolute Gasteiger partial charge is 0.244 e. The average molecular weight is 318 g/mol. The predicted octanol–water partition coefficient (Wildman–Crippen LogP) is 1.94. The van der Waals surface area contributed by atoms with E-state index in [9.17, 15) is 4.79 Å². The predicted molar refractivity (Wildman–Crippen MR) is 91.5 cm³/mol. The Morgan fingerprint density at radius 3 is 2.91 bits per heavy atom. The zero-order valence-corrected chi connectivity index (χ0v) is 13.8. The van der Waals surface area contributed by atoms with Gasteiger partial charge in [0.2, 0.25) is 5.91 Å². The molecule has 0 saturated carbocycles. The van der Waals surface area contributed by atoms with Crippen molar-refractivity contribution in [3.63, 3.8) is 0 Å². The van der Waals surface area contributed by atoms with Crippen LogP contribution in [0, 0.1) is 0 Å². The fraction of sp³-hybridized carbons (Fsp3) is 0.500. The minimum Gasteiger partial charge on any atom is -0.493 e. The number of carbonyl (C=O) groups is 1. The van der Waals surface area contributed by atoms with Gasteiger partial charge in [0.15, 0.2) is 0 Å². The summed E-state index contributed by atoms with van der Waals surface area (Å²) in [7, 11) is 0. The number of ether oxygens (including phenoxy) is 2. The molecule has 1 N–H and O–H groups in total. The largest absolute Gasteiger partial charge is 0.493 e. The van der Waals surface area contributed by atoms with E-state index in [1.165, 1.54) is 0 Å². The molecule has 1 aromatic carbocycles. The molecule has 5 heteroatoms. The van der Waals surface area contributed by atoms with Crippen LogP contribution in [0.1, 0.15) is 18.9 Å². The van der Waals surface area contributed by atoms with Crippen molar-refractivity contribution in [2.45, 2.75) is 13.3 Å². The average Bonchev–Trinajstić information content (AvgIpc) is 2.59. The Hall–Kier alpha value is -1.85. The summed E-state index contributed by atoms with van der Waals surface area (Å²) in [6.45, 7) is 7.85. The van der Waals surface area contributed by atoms with Gasteiger partial charge >= 0.3 is 0 Å². The van der Waals surface area contributed by atoms with E-state index in [-0.39, 0.29) is 5.91 Å². The molecule has 1 fully saturated rings. The van der Waals surface area contributed by atoms with E-state index in [1.807, 2.05) is 31.2 Å². The van der Waals surface area contributed by atoms with Crippen molar-refractivity contribution in [1.82, 2.24) is 10.2 Å². The van der Waals surface area contributed by atoms with Gasteiger partial charge in [-0.15, -0.1) is 0 Å². The van der Waals surface area contributed by atoms with Crippen molar-refractivity contribution in [2.75, 3.05) is 46.0 Å². The number of benzene rings is 1. The first-order valence-electron chi connectivity index (χ1n) is 8.27. The number of nitrogens with zero attached hydrogens (tertiary/aromatic N) is 1. The Morgan fingerprint density at radius 1 is 1.35 bits per heavy atom. The Kier molecular flexibility index (Phi) is 7.63. The summed E-state index contributed by atoms with van der Waals surface area (Å²) in [4.78, 5) is 14.2. The first kappa shape index (κ1) is 17.5. The minimum atomic E-state index is -0.0710. The van der Waals surface area contributed by atoms with Crippen molar-refractivity contribution in [1.29, 1.82) is 0 Å². The molecule has 0 bridgehead atoms.